The van der Waals surface area contributed by atoms with E-state index in [9.17, 15) is 14.7 Å². The predicted molar refractivity (Wildman–Crippen MR) is 143 cm³/mol. The molecule has 0 spiro atoms. The van der Waals surface area contributed by atoms with Crippen LogP contribution in [-0.2, 0) is 0 Å². The van der Waals surface area contributed by atoms with Gasteiger partial charge in [0.25, 0.3) is 5.91 Å². The Kier molecular flexibility index (Phi) is 6.94. The van der Waals surface area contributed by atoms with E-state index in [-0.39, 0.29) is 28.9 Å². The molecule has 5 N–H and O–H groups in total. The van der Waals surface area contributed by atoms with E-state index in [0.717, 1.165) is 19.3 Å². The SMILES string of the molecule is CN(N)/C=C(\N)C1C[C@H]1c1c(C(=O)O)ccn1-c1cccc(-c2cccc(C(=O)N3CCCCC3)c2F)c1. The van der Waals surface area contributed by atoms with Crippen LogP contribution in [0.3, 0.4) is 0 Å². The third-order valence-corrected chi connectivity index (χ3v) is 7.39. The van der Waals surface area contributed by atoms with E-state index in [1.807, 2.05) is 16.7 Å². The van der Waals surface area contributed by atoms with Crippen LogP contribution in [0.25, 0.3) is 16.8 Å². The van der Waals surface area contributed by atoms with Crippen molar-refractivity contribution in [2.75, 3.05) is 20.1 Å². The number of carbonyl (C=O) groups excluding carboxylic acids is 1. The molecule has 0 radical (unpaired) electrons. The van der Waals surface area contributed by atoms with Gasteiger partial charge in [-0.1, -0.05) is 24.3 Å². The molecule has 1 amide bonds. The smallest absolute Gasteiger partial charge is 0.337 e. The van der Waals surface area contributed by atoms with Crippen LogP contribution in [0.5, 0.6) is 0 Å². The molecule has 1 saturated carbocycles. The van der Waals surface area contributed by atoms with Crippen LogP contribution in [0.15, 0.2) is 66.6 Å². The minimum absolute atomic E-state index is 0.0224. The Morgan fingerprint density at radius 3 is 2.53 bits per heavy atom. The van der Waals surface area contributed by atoms with Crippen LogP contribution in [0.1, 0.15) is 58.0 Å². The summed E-state index contributed by atoms with van der Waals surface area (Å²) in [7, 11) is 1.68. The molecule has 2 fully saturated rings. The monoisotopic (exact) mass is 517 g/mol. The second kappa shape index (κ2) is 10.3. The number of aromatic carboxylic acids is 1. The number of rotatable bonds is 7. The van der Waals surface area contributed by atoms with Gasteiger partial charge in [-0.3, -0.25) is 4.79 Å². The van der Waals surface area contributed by atoms with Crippen LogP contribution in [0, 0.1) is 11.7 Å². The number of carboxylic acids is 1. The van der Waals surface area contributed by atoms with E-state index in [1.54, 1.807) is 54.7 Å². The van der Waals surface area contributed by atoms with Crippen molar-refractivity contribution in [3.8, 4) is 16.8 Å². The maximum atomic E-state index is 15.7. The average Bonchev–Trinajstić information content (AvgIpc) is 3.58. The Hall–Kier alpha value is -4.11. The molecule has 5 rings (SSSR count). The zero-order chi connectivity index (χ0) is 27.0. The van der Waals surface area contributed by atoms with E-state index < -0.39 is 11.8 Å². The van der Waals surface area contributed by atoms with Gasteiger partial charge in [-0.25, -0.2) is 15.0 Å². The molecule has 1 aliphatic heterocycles. The van der Waals surface area contributed by atoms with Gasteiger partial charge in [-0.2, -0.15) is 0 Å². The largest absolute Gasteiger partial charge is 0.478 e. The lowest BCUT2D eigenvalue weighted by molar-refractivity contribution is 0.0692. The molecule has 2 heterocycles. The highest BCUT2D eigenvalue weighted by molar-refractivity contribution is 5.96. The third-order valence-electron chi connectivity index (χ3n) is 7.39. The quantitative estimate of drug-likeness (QED) is 0.317. The number of benzene rings is 2. The first kappa shape index (κ1) is 25.5. The van der Waals surface area contributed by atoms with Crippen LogP contribution in [0.4, 0.5) is 4.39 Å². The summed E-state index contributed by atoms with van der Waals surface area (Å²) in [6.07, 6.45) is 7.00. The van der Waals surface area contributed by atoms with Crippen LogP contribution >= 0.6 is 0 Å². The van der Waals surface area contributed by atoms with Gasteiger partial charge >= 0.3 is 5.97 Å². The van der Waals surface area contributed by atoms with Crippen molar-refractivity contribution in [1.29, 1.82) is 0 Å². The van der Waals surface area contributed by atoms with Crippen molar-refractivity contribution in [1.82, 2.24) is 14.5 Å². The summed E-state index contributed by atoms with van der Waals surface area (Å²) in [6, 6.07) is 13.7. The number of carboxylic acid groups (broad SMARTS) is 1. The molecule has 0 bridgehead atoms. The lowest BCUT2D eigenvalue weighted by Gasteiger charge is -2.27. The second-order valence-corrected chi connectivity index (χ2v) is 10.1. The Balaban J connectivity index is 1.50. The number of piperidine rings is 1. The summed E-state index contributed by atoms with van der Waals surface area (Å²) in [5.74, 6) is 3.74. The van der Waals surface area contributed by atoms with E-state index in [4.69, 9.17) is 11.6 Å². The highest BCUT2D eigenvalue weighted by atomic mass is 19.1. The zero-order valence-electron chi connectivity index (χ0n) is 21.3. The Morgan fingerprint density at radius 1 is 1.08 bits per heavy atom. The summed E-state index contributed by atoms with van der Waals surface area (Å²) < 4.78 is 17.5. The number of hydrogen-bond donors (Lipinski definition) is 3. The number of allylic oxidation sites excluding steroid dienone is 1. The normalized spacial score (nSPS) is 19.3. The van der Waals surface area contributed by atoms with Crippen LogP contribution in [0.2, 0.25) is 0 Å². The van der Waals surface area contributed by atoms with Gasteiger partial charge in [0.1, 0.15) is 5.82 Å². The fourth-order valence-electron chi connectivity index (χ4n) is 5.44. The maximum absolute atomic E-state index is 15.7. The molecule has 1 aliphatic carbocycles. The van der Waals surface area contributed by atoms with Gasteiger partial charge in [0, 0.05) is 67.0 Å². The van der Waals surface area contributed by atoms with E-state index >= 15 is 4.39 Å². The Morgan fingerprint density at radius 2 is 1.82 bits per heavy atom. The van der Waals surface area contributed by atoms with E-state index in [1.165, 1.54) is 11.1 Å². The van der Waals surface area contributed by atoms with Crippen molar-refractivity contribution >= 4 is 11.9 Å². The second-order valence-electron chi connectivity index (χ2n) is 10.1. The van der Waals surface area contributed by atoms with Gasteiger partial charge in [0.05, 0.1) is 11.1 Å². The minimum atomic E-state index is -1.02. The number of halogens is 1. The number of carbonyl (C=O) groups is 2. The summed E-state index contributed by atoms with van der Waals surface area (Å²) in [4.78, 5) is 26.8. The van der Waals surface area contributed by atoms with Crippen molar-refractivity contribution in [3.63, 3.8) is 0 Å². The summed E-state index contributed by atoms with van der Waals surface area (Å²) in [6.45, 7) is 1.29. The molecule has 3 aromatic rings. The molecule has 1 aromatic heterocycles. The first-order valence-corrected chi connectivity index (χ1v) is 12.8. The number of nitrogens with two attached hydrogens (primary N) is 2. The van der Waals surface area contributed by atoms with Crippen molar-refractivity contribution < 1.29 is 19.1 Å². The van der Waals surface area contributed by atoms with Gasteiger partial charge in [0.15, 0.2) is 0 Å². The van der Waals surface area contributed by atoms with E-state index in [0.29, 0.717) is 47.7 Å². The number of hydrogen-bond acceptors (Lipinski definition) is 5. The highest BCUT2D eigenvalue weighted by Gasteiger charge is 2.44. The molecule has 8 nitrogen and oxygen atoms in total. The van der Waals surface area contributed by atoms with Gasteiger partial charge < -0.3 is 25.3 Å². The lowest BCUT2D eigenvalue weighted by Crippen LogP contribution is -2.36. The van der Waals surface area contributed by atoms with Crippen LogP contribution in [-0.4, -0.2) is 51.6 Å². The molecule has 2 atom stereocenters. The summed E-state index contributed by atoms with van der Waals surface area (Å²) in [5.41, 5.74) is 9.34. The summed E-state index contributed by atoms with van der Waals surface area (Å²) in [5, 5.41) is 11.2. The zero-order valence-corrected chi connectivity index (χ0v) is 21.3. The summed E-state index contributed by atoms with van der Waals surface area (Å²) >= 11 is 0. The number of aromatic nitrogens is 1. The molecule has 1 saturated heterocycles. The number of nitrogens with zero attached hydrogens (tertiary/aromatic N) is 3. The molecule has 198 valence electrons. The number of hydrazine groups is 1. The number of likely N-dealkylation sites (tertiary alicyclic amines) is 1. The van der Waals surface area contributed by atoms with Gasteiger partial charge in [-0.15, -0.1) is 0 Å². The van der Waals surface area contributed by atoms with E-state index in [2.05, 4.69) is 0 Å². The fraction of sp³-hybridized carbons (Fsp3) is 0.310. The first-order chi connectivity index (χ1) is 18.3. The standard InChI is InChI=1S/C29H32FN5O3/c1-33(32)17-25(31)23-16-24(23)27-22(29(37)38)11-14-35(27)19-8-5-7-18(15-19)20-9-6-10-21(26(20)30)28(36)34-12-3-2-4-13-34/h5-11,14-15,17,23-24H,2-4,12-13,16,31-32H2,1H3,(H,37,38)/b25-17-/t23?,24-/m1/s1. The Bertz CT molecular complexity index is 1410. The Labute approximate surface area is 220 Å². The minimum Gasteiger partial charge on any atom is -0.478 e. The molecular formula is C29H32FN5O3. The van der Waals surface area contributed by atoms with Crippen molar-refractivity contribution in [2.24, 2.45) is 17.5 Å². The molecule has 2 aliphatic rings. The van der Waals surface area contributed by atoms with Crippen LogP contribution < -0.4 is 11.6 Å². The molecule has 1 unspecified atom stereocenters. The first-order valence-electron chi connectivity index (χ1n) is 12.8. The van der Waals surface area contributed by atoms with Crippen molar-refractivity contribution in [2.45, 2.75) is 31.6 Å². The fourth-order valence-corrected chi connectivity index (χ4v) is 5.44. The van der Waals surface area contributed by atoms with Gasteiger partial charge in [-0.05, 0) is 55.5 Å². The average molecular weight is 518 g/mol. The topological polar surface area (TPSA) is 118 Å². The number of amides is 1. The van der Waals surface area contributed by atoms with Gasteiger partial charge in [0.2, 0.25) is 0 Å². The molecule has 9 heteroatoms. The molecular weight excluding hydrogens is 485 g/mol. The third kappa shape index (κ3) is 4.89. The van der Waals surface area contributed by atoms with Crippen molar-refractivity contribution in [3.05, 3.63) is 89.3 Å². The highest BCUT2D eigenvalue weighted by Crippen LogP contribution is 2.52. The predicted octanol–water partition coefficient (Wildman–Crippen LogP) is 4.32. The lowest BCUT2D eigenvalue weighted by atomic mass is 10.00. The molecule has 2 aromatic carbocycles. The maximum Gasteiger partial charge on any atom is 0.337 e. The molecule has 38 heavy (non-hydrogen) atoms.